The third-order valence-corrected chi connectivity index (χ3v) is 11.5. The lowest BCUT2D eigenvalue weighted by Gasteiger charge is -2.35. The largest absolute Gasteiger partial charge is 0.335 e. The lowest BCUT2D eigenvalue weighted by Crippen LogP contribution is -2.50. The maximum atomic E-state index is 13.3. The Hall–Kier alpha value is -4.86. The Morgan fingerprint density at radius 3 is 1.02 bits per heavy atom. The van der Waals surface area contributed by atoms with Crippen LogP contribution in [0.5, 0.6) is 0 Å². The van der Waals surface area contributed by atoms with Crippen molar-refractivity contribution in [2.45, 2.75) is 12.8 Å². The summed E-state index contributed by atoms with van der Waals surface area (Å²) in [6, 6.07) is 13.3. The maximum absolute atomic E-state index is 13.3. The normalized spacial score (nSPS) is 33.6. The van der Waals surface area contributed by atoms with E-state index >= 15 is 0 Å². The first kappa shape index (κ1) is 27.5. The molecule has 0 aromatic heterocycles. The van der Waals surface area contributed by atoms with Crippen molar-refractivity contribution < 1.29 is 28.8 Å². The Morgan fingerprint density at radius 1 is 0.457 bits per heavy atom. The monoisotopic (exact) mass is 616 g/mol. The molecule has 8 atom stereocenters. The van der Waals surface area contributed by atoms with Gasteiger partial charge in [0.05, 0.1) is 35.0 Å². The van der Waals surface area contributed by atoms with Crippen molar-refractivity contribution in [1.82, 2.24) is 9.80 Å². The molecule has 3 saturated heterocycles. The molecule has 2 aromatic carbocycles. The average Bonchev–Trinajstić information content (AvgIpc) is 3.94. The lowest BCUT2D eigenvalue weighted by atomic mass is 9.85. The van der Waals surface area contributed by atoms with Gasteiger partial charge in [-0.2, -0.15) is 0 Å². The summed E-state index contributed by atoms with van der Waals surface area (Å²) in [6.07, 6.45) is 10.0. The third kappa shape index (κ3) is 3.75. The molecular weight excluding hydrogens is 584 g/mol. The number of rotatable bonds is 4. The Balaban J connectivity index is 0.818. The number of fused-ring (bicyclic) bond motifs is 10. The fourth-order valence-electron chi connectivity index (χ4n) is 9.30. The van der Waals surface area contributed by atoms with Crippen LogP contribution in [0.2, 0.25) is 0 Å². The first-order valence-electron chi connectivity index (χ1n) is 16.2. The minimum absolute atomic E-state index is 0.140. The summed E-state index contributed by atoms with van der Waals surface area (Å²) < 4.78 is 0. The van der Waals surface area contributed by atoms with Crippen LogP contribution in [-0.2, 0) is 19.2 Å². The molecule has 46 heavy (non-hydrogen) atoms. The second-order valence-corrected chi connectivity index (χ2v) is 13.7. The van der Waals surface area contributed by atoms with Crippen molar-refractivity contribution >= 4 is 46.8 Å². The highest BCUT2D eigenvalue weighted by atomic mass is 16.2. The van der Waals surface area contributed by atoms with Gasteiger partial charge in [0.2, 0.25) is 23.6 Å². The van der Waals surface area contributed by atoms with E-state index in [4.69, 9.17) is 0 Å². The third-order valence-electron chi connectivity index (χ3n) is 11.5. The molecule has 4 aliphatic carbocycles. The molecule has 4 bridgehead atoms. The van der Waals surface area contributed by atoms with Crippen LogP contribution in [0, 0.1) is 47.3 Å². The van der Waals surface area contributed by atoms with Gasteiger partial charge in [0.25, 0.3) is 11.8 Å². The molecular formula is C36H32N4O6. The Labute approximate surface area is 265 Å². The summed E-state index contributed by atoms with van der Waals surface area (Å²) in [7, 11) is 0. The Bertz CT molecular complexity index is 1600. The number of hydrogen-bond donors (Lipinski definition) is 0. The van der Waals surface area contributed by atoms with E-state index in [2.05, 4.69) is 24.3 Å². The Morgan fingerprint density at radius 2 is 0.739 bits per heavy atom. The molecule has 0 unspecified atom stereocenters. The number of carbonyl (C=O) groups excluding carboxylic acids is 6. The maximum Gasteiger partial charge on any atom is 0.253 e. The highest BCUT2D eigenvalue weighted by Crippen LogP contribution is 2.54. The fourth-order valence-corrected chi connectivity index (χ4v) is 9.30. The van der Waals surface area contributed by atoms with Crippen LogP contribution in [0.4, 0.5) is 11.4 Å². The fraction of sp³-hybridized carbons (Fsp3) is 0.389. The quantitative estimate of drug-likeness (QED) is 0.386. The van der Waals surface area contributed by atoms with E-state index < -0.39 is 0 Å². The van der Waals surface area contributed by atoms with E-state index in [0.717, 1.165) is 12.8 Å². The number of allylic oxidation sites excluding steroid dienone is 4. The van der Waals surface area contributed by atoms with Crippen molar-refractivity contribution in [1.29, 1.82) is 0 Å². The number of anilines is 2. The molecule has 0 N–H and O–H groups in total. The molecule has 2 aromatic rings. The van der Waals surface area contributed by atoms with E-state index in [9.17, 15) is 28.8 Å². The summed E-state index contributed by atoms with van der Waals surface area (Å²) in [5, 5.41) is 0. The van der Waals surface area contributed by atoms with Gasteiger partial charge in [0.15, 0.2) is 0 Å². The number of imide groups is 2. The SMILES string of the molecule is O=C(c1ccc(N2C(=O)[C@@H]3[C@H](C2=O)[C@@H]2C=C[C@H]3C2)cc1)N1CCN(C(=O)c2ccc(N3C(=O)[C@@H]4[C@H](C3=O)[C@H]3C=C[C@H]4C3)cc2)CC1. The summed E-state index contributed by atoms with van der Waals surface area (Å²) >= 11 is 0. The number of hydrogen-bond acceptors (Lipinski definition) is 6. The molecule has 5 fully saturated rings. The van der Waals surface area contributed by atoms with Gasteiger partial charge in [-0.25, -0.2) is 0 Å². The molecule has 6 amide bonds. The van der Waals surface area contributed by atoms with Crippen LogP contribution >= 0.6 is 0 Å². The van der Waals surface area contributed by atoms with Crippen molar-refractivity contribution in [3.63, 3.8) is 0 Å². The van der Waals surface area contributed by atoms with Crippen LogP contribution in [0.25, 0.3) is 0 Å². The summed E-state index contributed by atoms with van der Waals surface area (Å²) in [5.74, 6) is -1.46. The predicted molar refractivity (Wildman–Crippen MR) is 165 cm³/mol. The molecule has 0 radical (unpaired) electrons. The van der Waals surface area contributed by atoms with Crippen molar-refractivity contribution in [2.75, 3.05) is 36.0 Å². The minimum Gasteiger partial charge on any atom is -0.335 e. The van der Waals surface area contributed by atoms with Gasteiger partial charge in [-0.05, 0) is 85.0 Å². The van der Waals surface area contributed by atoms with Gasteiger partial charge in [-0.3, -0.25) is 38.6 Å². The molecule has 10 heteroatoms. The Kier molecular flexibility index (Phi) is 5.86. The second kappa shape index (κ2) is 9.82. The van der Waals surface area contributed by atoms with Crippen LogP contribution in [0.1, 0.15) is 33.6 Å². The molecule has 7 aliphatic rings. The van der Waals surface area contributed by atoms with E-state index in [1.807, 2.05) is 0 Å². The summed E-state index contributed by atoms with van der Waals surface area (Å²) in [6.45, 7) is 1.45. The van der Waals surface area contributed by atoms with Gasteiger partial charge < -0.3 is 9.80 Å². The first-order chi connectivity index (χ1) is 22.3. The van der Waals surface area contributed by atoms with Crippen LogP contribution in [0.15, 0.2) is 72.8 Å². The summed E-state index contributed by atoms with van der Waals surface area (Å²) in [4.78, 5) is 85.1. The highest BCUT2D eigenvalue weighted by molar-refractivity contribution is 6.23. The summed E-state index contributed by atoms with van der Waals surface area (Å²) in [5.41, 5.74) is 1.90. The number of piperazine rings is 1. The molecule has 0 spiro atoms. The number of carbonyl (C=O) groups is 6. The molecule has 2 saturated carbocycles. The molecule has 10 nitrogen and oxygen atoms in total. The zero-order valence-corrected chi connectivity index (χ0v) is 25.0. The van der Waals surface area contributed by atoms with Gasteiger partial charge >= 0.3 is 0 Å². The van der Waals surface area contributed by atoms with Crippen molar-refractivity contribution in [3.05, 3.63) is 84.0 Å². The molecule has 3 heterocycles. The highest BCUT2D eigenvalue weighted by Gasteiger charge is 2.60. The smallest absolute Gasteiger partial charge is 0.253 e. The number of benzene rings is 2. The van der Waals surface area contributed by atoms with E-state index in [-0.39, 0.29) is 82.8 Å². The van der Waals surface area contributed by atoms with Crippen molar-refractivity contribution in [2.24, 2.45) is 47.3 Å². The van der Waals surface area contributed by atoms with Crippen LogP contribution in [-0.4, -0.2) is 71.4 Å². The van der Waals surface area contributed by atoms with Gasteiger partial charge in [-0.1, -0.05) is 24.3 Å². The minimum atomic E-state index is -0.271. The second-order valence-electron chi connectivity index (χ2n) is 13.7. The van der Waals surface area contributed by atoms with Crippen LogP contribution in [0.3, 0.4) is 0 Å². The first-order valence-corrected chi connectivity index (χ1v) is 16.2. The standard InChI is InChI=1S/C36H32N4O6/c41-31(19-5-9-25(10-6-19)39-33(43)27-21-1-2-22(17-21)28(27)34(39)44)37-13-15-38(16-14-37)32(42)20-7-11-26(12-8-20)40-35(45)29-23-3-4-24(18-23)30(29)36(40)46/h1-12,21-24,27-30H,13-18H2/t21-,22-,23-,24+,27-,28+,29-,30+/m0/s1. The topological polar surface area (TPSA) is 115 Å². The van der Waals surface area contributed by atoms with E-state index in [0.29, 0.717) is 48.7 Å². The predicted octanol–water partition coefficient (Wildman–Crippen LogP) is 2.91. The lowest BCUT2D eigenvalue weighted by molar-refractivity contribution is -0.124. The zero-order chi connectivity index (χ0) is 31.4. The number of nitrogens with zero attached hydrogens (tertiary/aromatic N) is 4. The molecule has 3 aliphatic heterocycles. The van der Waals surface area contributed by atoms with Crippen LogP contribution < -0.4 is 9.80 Å². The van der Waals surface area contributed by atoms with Crippen molar-refractivity contribution in [3.8, 4) is 0 Å². The average molecular weight is 617 g/mol. The zero-order valence-electron chi connectivity index (χ0n) is 25.0. The van der Waals surface area contributed by atoms with E-state index in [1.54, 1.807) is 58.3 Å². The molecule has 232 valence electrons. The number of amides is 6. The van der Waals surface area contributed by atoms with Gasteiger partial charge in [0, 0.05) is 37.3 Å². The van der Waals surface area contributed by atoms with Gasteiger partial charge in [0.1, 0.15) is 0 Å². The molecule has 9 rings (SSSR count). The van der Waals surface area contributed by atoms with E-state index in [1.165, 1.54) is 9.80 Å². The van der Waals surface area contributed by atoms with Gasteiger partial charge in [-0.15, -0.1) is 0 Å².